The van der Waals surface area contributed by atoms with Crippen molar-refractivity contribution in [3.05, 3.63) is 58.7 Å². The van der Waals surface area contributed by atoms with Crippen LogP contribution in [0.15, 0.2) is 36.4 Å². The van der Waals surface area contributed by atoms with Crippen molar-refractivity contribution in [3.63, 3.8) is 0 Å². The quantitative estimate of drug-likeness (QED) is 0.887. The number of aryl methyl sites for hydroxylation is 2. The molecule has 0 heterocycles. The van der Waals surface area contributed by atoms with E-state index in [1.807, 2.05) is 19.2 Å². The molecule has 100 valence electrons. The highest BCUT2D eigenvalue weighted by molar-refractivity contribution is 5.44. The maximum atomic E-state index is 5.98. The Hall–Kier alpha value is -1.80. The molecule has 0 saturated heterocycles. The van der Waals surface area contributed by atoms with Gasteiger partial charge in [-0.25, -0.2) is 0 Å². The Labute approximate surface area is 115 Å². The topological polar surface area (TPSA) is 21.3 Å². The fourth-order valence-corrected chi connectivity index (χ4v) is 2.11. The zero-order chi connectivity index (χ0) is 13.8. The first-order valence-electron chi connectivity index (χ1n) is 6.59. The van der Waals surface area contributed by atoms with E-state index in [1.165, 1.54) is 22.3 Å². The molecule has 2 nitrogen and oxygen atoms in total. The summed E-state index contributed by atoms with van der Waals surface area (Å²) in [5.41, 5.74) is 4.95. The molecular formula is C17H21NO. The SMILES string of the molecule is CNCc1ccc(Oc2cc(C)cc(C)c2C)cc1. The summed E-state index contributed by atoms with van der Waals surface area (Å²) in [6.45, 7) is 7.18. The lowest BCUT2D eigenvalue weighted by Crippen LogP contribution is -2.04. The number of nitrogens with one attached hydrogen (secondary N) is 1. The second-order valence-corrected chi connectivity index (χ2v) is 4.98. The summed E-state index contributed by atoms with van der Waals surface area (Å²) in [6, 6.07) is 12.5. The van der Waals surface area contributed by atoms with E-state index < -0.39 is 0 Å². The van der Waals surface area contributed by atoms with Crippen LogP contribution in [0.1, 0.15) is 22.3 Å². The highest BCUT2D eigenvalue weighted by Gasteiger charge is 2.05. The Morgan fingerprint density at radius 2 is 1.68 bits per heavy atom. The van der Waals surface area contributed by atoms with Gasteiger partial charge in [-0.3, -0.25) is 0 Å². The van der Waals surface area contributed by atoms with E-state index in [1.54, 1.807) is 0 Å². The summed E-state index contributed by atoms with van der Waals surface area (Å²) in [7, 11) is 1.95. The second kappa shape index (κ2) is 5.89. The average Bonchev–Trinajstić information content (AvgIpc) is 2.38. The normalized spacial score (nSPS) is 10.5. The van der Waals surface area contributed by atoms with Gasteiger partial charge < -0.3 is 10.1 Å². The first kappa shape index (κ1) is 13.6. The van der Waals surface area contributed by atoms with E-state index in [9.17, 15) is 0 Å². The van der Waals surface area contributed by atoms with Gasteiger partial charge >= 0.3 is 0 Å². The summed E-state index contributed by atoms with van der Waals surface area (Å²) in [6.07, 6.45) is 0. The Balaban J connectivity index is 2.21. The zero-order valence-corrected chi connectivity index (χ0v) is 12.1. The molecule has 0 bridgehead atoms. The third-order valence-electron chi connectivity index (χ3n) is 3.30. The summed E-state index contributed by atoms with van der Waals surface area (Å²) in [5.74, 6) is 1.83. The lowest BCUT2D eigenvalue weighted by molar-refractivity contribution is 0.477. The van der Waals surface area contributed by atoms with Crippen molar-refractivity contribution in [1.82, 2.24) is 5.32 Å². The van der Waals surface area contributed by atoms with Crippen LogP contribution in [0.4, 0.5) is 0 Å². The highest BCUT2D eigenvalue weighted by atomic mass is 16.5. The predicted molar refractivity (Wildman–Crippen MR) is 79.9 cm³/mol. The number of ether oxygens (including phenoxy) is 1. The lowest BCUT2D eigenvalue weighted by atomic mass is 10.1. The summed E-state index contributed by atoms with van der Waals surface area (Å²) >= 11 is 0. The molecule has 0 atom stereocenters. The minimum atomic E-state index is 0.878. The van der Waals surface area contributed by atoms with Crippen molar-refractivity contribution >= 4 is 0 Å². The number of benzene rings is 2. The van der Waals surface area contributed by atoms with Crippen molar-refractivity contribution in [2.24, 2.45) is 0 Å². The molecule has 2 aromatic rings. The largest absolute Gasteiger partial charge is 0.457 e. The molecule has 0 aromatic heterocycles. The van der Waals surface area contributed by atoms with Gasteiger partial charge in [0.25, 0.3) is 0 Å². The van der Waals surface area contributed by atoms with Gasteiger partial charge in [-0.1, -0.05) is 18.2 Å². The first-order chi connectivity index (χ1) is 9.10. The predicted octanol–water partition coefficient (Wildman–Crippen LogP) is 4.12. The van der Waals surface area contributed by atoms with E-state index in [-0.39, 0.29) is 0 Å². The van der Waals surface area contributed by atoms with Gasteiger partial charge in [-0.05, 0) is 68.3 Å². The second-order valence-electron chi connectivity index (χ2n) is 4.98. The molecule has 0 saturated carbocycles. The van der Waals surface area contributed by atoms with Gasteiger partial charge in [0.05, 0.1) is 0 Å². The lowest BCUT2D eigenvalue weighted by Gasteiger charge is -2.12. The van der Waals surface area contributed by atoms with Crippen molar-refractivity contribution in [1.29, 1.82) is 0 Å². The van der Waals surface area contributed by atoms with Gasteiger partial charge in [-0.15, -0.1) is 0 Å². The van der Waals surface area contributed by atoms with Crippen molar-refractivity contribution in [2.75, 3.05) is 7.05 Å². The van der Waals surface area contributed by atoms with Crippen molar-refractivity contribution in [2.45, 2.75) is 27.3 Å². The monoisotopic (exact) mass is 255 g/mol. The molecule has 0 unspecified atom stereocenters. The van der Waals surface area contributed by atoms with Gasteiger partial charge in [-0.2, -0.15) is 0 Å². The minimum Gasteiger partial charge on any atom is -0.457 e. The molecule has 1 N–H and O–H groups in total. The molecule has 0 radical (unpaired) electrons. The standard InChI is InChI=1S/C17H21NO/c1-12-9-13(2)14(3)17(10-12)19-16-7-5-15(6-8-16)11-18-4/h5-10,18H,11H2,1-4H3. The Morgan fingerprint density at radius 3 is 2.32 bits per heavy atom. The van der Waals surface area contributed by atoms with Crippen molar-refractivity contribution in [3.8, 4) is 11.5 Å². The number of rotatable bonds is 4. The van der Waals surface area contributed by atoms with E-state index in [0.29, 0.717) is 0 Å². The number of hydrogen-bond acceptors (Lipinski definition) is 2. The molecule has 0 spiro atoms. The van der Waals surface area contributed by atoms with Crippen LogP contribution in [-0.4, -0.2) is 7.05 Å². The van der Waals surface area contributed by atoms with Gasteiger partial charge in [0.2, 0.25) is 0 Å². The fraction of sp³-hybridized carbons (Fsp3) is 0.294. The average molecular weight is 255 g/mol. The van der Waals surface area contributed by atoms with E-state index in [2.05, 4.69) is 50.4 Å². The van der Waals surface area contributed by atoms with Crippen LogP contribution in [0, 0.1) is 20.8 Å². The summed E-state index contributed by atoms with van der Waals surface area (Å²) in [4.78, 5) is 0. The molecule has 0 aliphatic carbocycles. The van der Waals surface area contributed by atoms with Crippen LogP contribution < -0.4 is 10.1 Å². The van der Waals surface area contributed by atoms with Crippen LogP contribution in [0.25, 0.3) is 0 Å². The van der Waals surface area contributed by atoms with Crippen LogP contribution >= 0.6 is 0 Å². The van der Waals surface area contributed by atoms with Crippen LogP contribution in [0.2, 0.25) is 0 Å². The van der Waals surface area contributed by atoms with Gasteiger partial charge in [0.1, 0.15) is 11.5 Å². The smallest absolute Gasteiger partial charge is 0.130 e. The zero-order valence-electron chi connectivity index (χ0n) is 12.1. The number of hydrogen-bond donors (Lipinski definition) is 1. The molecule has 0 aliphatic rings. The first-order valence-corrected chi connectivity index (χ1v) is 6.59. The third kappa shape index (κ3) is 3.36. The van der Waals surface area contributed by atoms with E-state index in [0.717, 1.165) is 18.0 Å². The molecule has 0 fully saturated rings. The van der Waals surface area contributed by atoms with Crippen LogP contribution in [0.3, 0.4) is 0 Å². The Bertz CT molecular complexity index is 558. The van der Waals surface area contributed by atoms with E-state index in [4.69, 9.17) is 4.74 Å². The van der Waals surface area contributed by atoms with Gasteiger partial charge in [0.15, 0.2) is 0 Å². The Kier molecular flexibility index (Phi) is 4.23. The maximum Gasteiger partial charge on any atom is 0.130 e. The van der Waals surface area contributed by atoms with Crippen LogP contribution in [0.5, 0.6) is 11.5 Å². The third-order valence-corrected chi connectivity index (χ3v) is 3.30. The molecule has 19 heavy (non-hydrogen) atoms. The Morgan fingerprint density at radius 1 is 1.00 bits per heavy atom. The highest BCUT2D eigenvalue weighted by Crippen LogP contribution is 2.28. The molecule has 2 rings (SSSR count). The van der Waals surface area contributed by atoms with E-state index >= 15 is 0 Å². The molecule has 2 aromatic carbocycles. The molecule has 0 aliphatic heterocycles. The fourth-order valence-electron chi connectivity index (χ4n) is 2.11. The molecule has 0 amide bonds. The van der Waals surface area contributed by atoms with Gasteiger partial charge in [0, 0.05) is 6.54 Å². The van der Waals surface area contributed by atoms with Crippen molar-refractivity contribution < 1.29 is 4.74 Å². The molecular weight excluding hydrogens is 234 g/mol. The maximum absolute atomic E-state index is 5.98. The summed E-state index contributed by atoms with van der Waals surface area (Å²) in [5, 5.41) is 3.14. The van der Waals surface area contributed by atoms with Crippen LogP contribution in [-0.2, 0) is 6.54 Å². The minimum absolute atomic E-state index is 0.878. The molecule has 2 heteroatoms. The summed E-state index contributed by atoms with van der Waals surface area (Å²) < 4.78 is 5.98.